The van der Waals surface area contributed by atoms with Crippen molar-refractivity contribution in [2.75, 3.05) is 13.7 Å². The molecule has 1 saturated carbocycles. The van der Waals surface area contributed by atoms with Gasteiger partial charge < -0.3 is 15.8 Å². The van der Waals surface area contributed by atoms with Crippen LogP contribution < -0.4 is 11.1 Å². The Morgan fingerprint density at radius 2 is 2.25 bits per heavy atom. The molecule has 1 aliphatic rings. The van der Waals surface area contributed by atoms with Crippen LogP contribution in [0.3, 0.4) is 0 Å². The minimum Gasteiger partial charge on any atom is -0.385 e. The Morgan fingerprint density at radius 3 is 2.75 bits per heavy atom. The number of rotatable bonds is 5. The summed E-state index contributed by atoms with van der Waals surface area (Å²) >= 11 is 0. The van der Waals surface area contributed by atoms with Crippen molar-refractivity contribution in [3.05, 3.63) is 0 Å². The largest absolute Gasteiger partial charge is 0.385 e. The van der Waals surface area contributed by atoms with Gasteiger partial charge in [0.1, 0.15) is 0 Å². The average Bonchev–Trinajstić information content (AvgIpc) is 1.98. The van der Waals surface area contributed by atoms with Crippen molar-refractivity contribution in [3.8, 4) is 0 Å². The van der Waals surface area contributed by atoms with Crippen molar-refractivity contribution in [3.63, 3.8) is 0 Å². The topological polar surface area (TPSA) is 47.3 Å². The Balaban J connectivity index is 1.98. The summed E-state index contributed by atoms with van der Waals surface area (Å²) < 4.78 is 5.00. The fraction of sp³-hybridized carbons (Fsp3) is 1.00. The minimum absolute atomic E-state index is 0.442. The summed E-state index contributed by atoms with van der Waals surface area (Å²) in [4.78, 5) is 0. The van der Waals surface area contributed by atoms with Gasteiger partial charge in [0.25, 0.3) is 0 Å². The molecule has 3 N–H and O–H groups in total. The van der Waals surface area contributed by atoms with E-state index in [4.69, 9.17) is 10.5 Å². The summed E-state index contributed by atoms with van der Waals surface area (Å²) in [5, 5.41) is 3.52. The molecule has 1 atom stereocenters. The molecule has 0 heterocycles. The molecule has 0 spiro atoms. The lowest BCUT2D eigenvalue weighted by Gasteiger charge is -2.35. The van der Waals surface area contributed by atoms with Crippen LogP contribution in [-0.4, -0.2) is 31.8 Å². The quantitative estimate of drug-likeness (QED) is 0.634. The first kappa shape index (κ1) is 9.96. The first-order chi connectivity index (χ1) is 5.72. The molecule has 0 radical (unpaired) electrons. The Bertz CT molecular complexity index is 124. The van der Waals surface area contributed by atoms with Gasteiger partial charge in [0.15, 0.2) is 0 Å². The molecule has 72 valence electrons. The number of methoxy groups -OCH3 is 1. The third kappa shape index (κ3) is 3.09. The summed E-state index contributed by atoms with van der Waals surface area (Å²) in [6.07, 6.45) is 3.36. The second-order valence-corrected chi connectivity index (χ2v) is 3.78. The summed E-state index contributed by atoms with van der Waals surface area (Å²) in [5.74, 6) is 0. The number of hydrogen-bond donors (Lipinski definition) is 2. The molecule has 3 nitrogen and oxygen atoms in total. The van der Waals surface area contributed by atoms with Gasteiger partial charge in [-0.15, -0.1) is 0 Å². The Morgan fingerprint density at radius 1 is 1.58 bits per heavy atom. The van der Waals surface area contributed by atoms with Crippen LogP contribution in [0.2, 0.25) is 0 Å². The van der Waals surface area contributed by atoms with Gasteiger partial charge in [-0.3, -0.25) is 0 Å². The molecule has 1 aliphatic carbocycles. The molecule has 0 aromatic heterocycles. The predicted molar refractivity (Wildman–Crippen MR) is 50.1 cm³/mol. The Labute approximate surface area is 74.7 Å². The van der Waals surface area contributed by atoms with Crippen molar-refractivity contribution < 1.29 is 4.74 Å². The number of nitrogens with two attached hydrogens (primary N) is 1. The van der Waals surface area contributed by atoms with Crippen molar-refractivity contribution in [2.45, 2.75) is 44.3 Å². The standard InChI is InChI=1S/C9H20N2O/c1-7(3-4-12-2)11-9-5-8(10)6-9/h7-9,11H,3-6,10H2,1-2H3. The van der Waals surface area contributed by atoms with Gasteiger partial charge in [-0.05, 0) is 26.2 Å². The molecule has 3 heteroatoms. The van der Waals surface area contributed by atoms with Crippen LogP contribution in [0.25, 0.3) is 0 Å². The first-order valence-corrected chi connectivity index (χ1v) is 4.73. The van der Waals surface area contributed by atoms with Gasteiger partial charge in [0, 0.05) is 31.8 Å². The summed E-state index contributed by atoms with van der Waals surface area (Å²) in [6.45, 7) is 3.04. The SMILES string of the molecule is COCCC(C)NC1CC(N)C1. The molecule has 1 fully saturated rings. The van der Waals surface area contributed by atoms with E-state index in [9.17, 15) is 0 Å². The fourth-order valence-electron chi connectivity index (χ4n) is 1.58. The predicted octanol–water partition coefficient (Wildman–Crippen LogP) is 0.491. The minimum atomic E-state index is 0.442. The molecule has 0 aromatic rings. The lowest BCUT2D eigenvalue weighted by molar-refractivity contribution is 0.175. The van der Waals surface area contributed by atoms with E-state index in [1.54, 1.807) is 7.11 Å². The average molecular weight is 172 g/mol. The van der Waals surface area contributed by atoms with E-state index >= 15 is 0 Å². The van der Waals surface area contributed by atoms with Crippen LogP contribution in [0, 0.1) is 0 Å². The van der Waals surface area contributed by atoms with Crippen LogP contribution in [-0.2, 0) is 4.74 Å². The normalized spacial score (nSPS) is 31.2. The molecule has 1 unspecified atom stereocenters. The van der Waals surface area contributed by atoms with Gasteiger partial charge in [-0.1, -0.05) is 0 Å². The van der Waals surface area contributed by atoms with Crippen molar-refractivity contribution in [1.29, 1.82) is 0 Å². The number of hydrogen-bond acceptors (Lipinski definition) is 3. The van der Waals surface area contributed by atoms with E-state index in [1.165, 1.54) is 0 Å². The summed E-state index contributed by atoms with van der Waals surface area (Å²) in [7, 11) is 1.74. The second kappa shape index (κ2) is 4.80. The number of nitrogens with one attached hydrogen (secondary N) is 1. The Kier molecular flexibility index (Phi) is 3.98. The zero-order valence-corrected chi connectivity index (χ0v) is 8.05. The van der Waals surface area contributed by atoms with E-state index < -0.39 is 0 Å². The van der Waals surface area contributed by atoms with Gasteiger partial charge in [0.2, 0.25) is 0 Å². The maximum Gasteiger partial charge on any atom is 0.0476 e. The van der Waals surface area contributed by atoms with E-state index in [0.717, 1.165) is 25.9 Å². The monoisotopic (exact) mass is 172 g/mol. The summed E-state index contributed by atoms with van der Waals surface area (Å²) in [5.41, 5.74) is 5.68. The first-order valence-electron chi connectivity index (χ1n) is 4.73. The van der Waals surface area contributed by atoms with Gasteiger partial charge in [0.05, 0.1) is 0 Å². The molecular formula is C9H20N2O. The highest BCUT2D eigenvalue weighted by atomic mass is 16.5. The fourth-order valence-corrected chi connectivity index (χ4v) is 1.58. The van der Waals surface area contributed by atoms with Crippen molar-refractivity contribution in [1.82, 2.24) is 5.32 Å². The lowest BCUT2D eigenvalue weighted by Crippen LogP contribution is -2.51. The zero-order valence-electron chi connectivity index (χ0n) is 8.05. The second-order valence-electron chi connectivity index (χ2n) is 3.78. The van der Waals surface area contributed by atoms with Gasteiger partial charge >= 0.3 is 0 Å². The number of ether oxygens (including phenoxy) is 1. The third-order valence-corrected chi connectivity index (χ3v) is 2.45. The van der Waals surface area contributed by atoms with Gasteiger partial charge in [-0.25, -0.2) is 0 Å². The van der Waals surface area contributed by atoms with E-state index in [1.807, 2.05) is 0 Å². The highest BCUT2D eigenvalue weighted by Gasteiger charge is 2.26. The summed E-state index contributed by atoms with van der Waals surface area (Å²) in [6, 6.07) is 1.66. The van der Waals surface area contributed by atoms with E-state index in [2.05, 4.69) is 12.2 Å². The maximum absolute atomic E-state index is 5.68. The third-order valence-electron chi connectivity index (χ3n) is 2.45. The lowest BCUT2D eigenvalue weighted by atomic mass is 9.87. The molecule has 0 aromatic carbocycles. The molecule has 0 amide bonds. The van der Waals surface area contributed by atoms with Crippen molar-refractivity contribution in [2.24, 2.45) is 5.73 Å². The van der Waals surface area contributed by atoms with Crippen LogP contribution in [0.5, 0.6) is 0 Å². The van der Waals surface area contributed by atoms with Crippen LogP contribution >= 0.6 is 0 Å². The molecule has 12 heavy (non-hydrogen) atoms. The molecule has 0 bridgehead atoms. The van der Waals surface area contributed by atoms with Gasteiger partial charge in [-0.2, -0.15) is 0 Å². The molecule has 0 saturated heterocycles. The highest BCUT2D eigenvalue weighted by Crippen LogP contribution is 2.18. The van der Waals surface area contributed by atoms with E-state index in [0.29, 0.717) is 18.1 Å². The Hall–Kier alpha value is -0.120. The highest BCUT2D eigenvalue weighted by molar-refractivity contribution is 4.88. The molecule has 0 aliphatic heterocycles. The van der Waals surface area contributed by atoms with Crippen LogP contribution in [0.15, 0.2) is 0 Å². The smallest absolute Gasteiger partial charge is 0.0476 e. The van der Waals surface area contributed by atoms with Crippen LogP contribution in [0.1, 0.15) is 26.2 Å². The van der Waals surface area contributed by atoms with Crippen molar-refractivity contribution >= 4 is 0 Å². The molecular weight excluding hydrogens is 152 g/mol. The maximum atomic E-state index is 5.68. The van der Waals surface area contributed by atoms with E-state index in [-0.39, 0.29) is 0 Å². The molecule has 1 rings (SSSR count). The van der Waals surface area contributed by atoms with Crippen LogP contribution in [0.4, 0.5) is 0 Å². The zero-order chi connectivity index (χ0) is 8.97.